The summed E-state index contributed by atoms with van der Waals surface area (Å²) in [7, 11) is 0. The van der Waals surface area contributed by atoms with Crippen molar-refractivity contribution in [3.05, 3.63) is 42.2 Å². The van der Waals surface area contributed by atoms with E-state index in [-0.39, 0.29) is 5.11 Å². The van der Waals surface area contributed by atoms with Gasteiger partial charge in [0.15, 0.2) is 10.9 Å². The van der Waals surface area contributed by atoms with E-state index in [2.05, 4.69) is 39.6 Å². The minimum atomic E-state index is 0.206. The van der Waals surface area contributed by atoms with E-state index in [1.54, 1.807) is 6.20 Å². The summed E-state index contributed by atoms with van der Waals surface area (Å²) < 4.78 is 0. The zero-order chi connectivity index (χ0) is 15.5. The molecule has 112 valence electrons. The van der Waals surface area contributed by atoms with Crippen LogP contribution in [0.2, 0.25) is 0 Å². The van der Waals surface area contributed by atoms with Crippen molar-refractivity contribution in [3.63, 3.8) is 0 Å². The Morgan fingerprint density at radius 3 is 2.95 bits per heavy atom. The molecule has 0 bridgehead atoms. The monoisotopic (exact) mass is 311 g/mol. The smallest absolute Gasteiger partial charge is 0.169 e. The number of hydrogen-bond acceptors (Lipinski definition) is 3. The predicted molar refractivity (Wildman–Crippen MR) is 93.7 cm³/mol. The molecule has 0 unspecified atom stereocenters. The molecular formula is C16H17N5S. The van der Waals surface area contributed by atoms with Crippen molar-refractivity contribution in [1.82, 2.24) is 15.2 Å². The van der Waals surface area contributed by atoms with Gasteiger partial charge in [0.05, 0.1) is 5.52 Å². The van der Waals surface area contributed by atoms with Gasteiger partial charge in [0.2, 0.25) is 0 Å². The van der Waals surface area contributed by atoms with Gasteiger partial charge in [-0.05, 0) is 42.4 Å². The fraction of sp³-hybridized carbons (Fsp3) is 0.188. The minimum Gasteiger partial charge on any atom is -0.376 e. The third kappa shape index (κ3) is 2.78. The Hall–Kier alpha value is -2.47. The lowest BCUT2D eigenvalue weighted by Gasteiger charge is -2.08. The molecule has 5 nitrogen and oxygen atoms in total. The summed E-state index contributed by atoms with van der Waals surface area (Å²) in [6, 6.07) is 8.28. The van der Waals surface area contributed by atoms with Gasteiger partial charge in [0.25, 0.3) is 0 Å². The Labute approximate surface area is 133 Å². The molecule has 3 rings (SSSR count). The molecule has 0 fully saturated rings. The van der Waals surface area contributed by atoms with Gasteiger partial charge in [0.1, 0.15) is 0 Å². The first-order valence-electron chi connectivity index (χ1n) is 7.17. The van der Waals surface area contributed by atoms with Gasteiger partial charge < -0.3 is 11.1 Å². The van der Waals surface area contributed by atoms with Crippen molar-refractivity contribution < 1.29 is 0 Å². The average Bonchev–Trinajstić information content (AvgIpc) is 2.90. The van der Waals surface area contributed by atoms with Crippen molar-refractivity contribution in [1.29, 1.82) is 0 Å². The van der Waals surface area contributed by atoms with Crippen LogP contribution in [0.15, 0.2) is 36.7 Å². The maximum atomic E-state index is 5.58. The second-order valence-electron chi connectivity index (χ2n) is 5.12. The van der Waals surface area contributed by atoms with Crippen LogP contribution in [0.3, 0.4) is 0 Å². The summed E-state index contributed by atoms with van der Waals surface area (Å²) in [5.41, 5.74) is 9.91. The second-order valence-corrected chi connectivity index (χ2v) is 5.56. The number of nitrogens with two attached hydrogens (primary N) is 1. The lowest BCUT2D eigenvalue weighted by atomic mass is 9.99. The molecule has 0 aliphatic carbocycles. The van der Waals surface area contributed by atoms with E-state index >= 15 is 0 Å². The van der Waals surface area contributed by atoms with Crippen LogP contribution in [0, 0.1) is 0 Å². The van der Waals surface area contributed by atoms with Crippen molar-refractivity contribution >= 4 is 34.1 Å². The normalized spacial score (nSPS) is 10.8. The molecule has 4 N–H and O–H groups in total. The number of anilines is 1. The molecule has 0 radical (unpaired) electrons. The Balaban J connectivity index is 2.22. The number of H-pyrrole nitrogens is 1. The fourth-order valence-electron chi connectivity index (χ4n) is 2.58. The summed E-state index contributed by atoms with van der Waals surface area (Å²) in [4.78, 5) is 4.21. The maximum Gasteiger partial charge on any atom is 0.169 e. The molecule has 22 heavy (non-hydrogen) atoms. The van der Waals surface area contributed by atoms with Crippen molar-refractivity contribution in [2.45, 2.75) is 19.8 Å². The Morgan fingerprint density at radius 1 is 1.41 bits per heavy atom. The van der Waals surface area contributed by atoms with Crippen LogP contribution in [-0.4, -0.2) is 20.3 Å². The molecule has 0 saturated heterocycles. The van der Waals surface area contributed by atoms with Gasteiger partial charge in [-0.3, -0.25) is 10.1 Å². The van der Waals surface area contributed by atoms with Crippen LogP contribution < -0.4 is 11.1 Å². The molecule has 3 aromatic rings. The van der Waals surface area contributed by atoms with Crippen LogP contribution in [0.1, 0.15) is 18.9 Å². The number of pyridine rings is 1. The zero-order valence-corrected chi connectivity index (χ0v) is 13.1. The number of benzene rings is 1. The van der Waals surface area contributed by atoms with Gasteiger partial charge in [-0.1, -0.05) is 19.4 Å². The quantitative estimate of drug-likeness (QED) is 0.645. The van der Waals surface area contributed by atoms with Gasteiger partial charge in [-0.25, -0.2) is 0 Å². The Kier molecular flexibility index (Phi) is 4.02. The highest BCUT2D eigenvalue weighted by molar-refractivity contribution is 7.80. The van der Waals surface area contributed by atoms with Gasteiger partial charge >= 0.3 is 0 Å². The third-order valence-electron chi connectivity index (χ3n) is 3.49. The predicted octanol–water partition coefficient (Wildman–Crippen LogP) is 3.23. The topological polar surface area (TPSA) is 79.6 Å². The maximum absolute atomic E-state index is 5.58. The number of aromatic nitrogens is 3. The Morgan fingerprint density at radius 2 is 2.27 bits per heavy atom. The Bertz CT molecular complexity index is 810. The minimum absolute atomic E-state index is 0.206. The first-order valence-corrected chi connectivity index (χ1v) is 7.57. The van der Waals surface area contributed by atoms with Crippen molar-refractivity contribution in [3.8, 4) is 11.1 Å². The van der Waals surface area contributed by atoms with Crippen molar-refractivity contribution in [2.24, 2.45) is 5.73 Å². The molecular weight excluding hydrogens is 294 g/mol. The van der Waals surface area contributed by atoms with Crippen LogP contribution >= 0.6 is 12.2 Å². The van der Waals surface area contributed by atoms with E-state index < -0.39 is 0 Å². The first-order chi connectivity index (χ1) is 10.7. The summed E-state index contributed by atoms with van der Waals surface area (Å²) in [5, 5.41) is 11.5. The van der Waals surface area contributed by atoms with Crippen LogP contribution in [-0.2, 0) is 6.42 Å². The SMILES string of the molecule is CCCc1cc(-c2cccnc2)c2[nH]nc(NC(N)=S)c2c1. The number of rotatable bonds is 4. The van der Waals surface area contributed by atoms with Crippen LogP contribution in [0.4, 0.5) is 5.82 Å². The van der Waals surface area contributed by atoms with E-state index in [1.807, 2.05) is 18.3 Å². The molecule has 0 amide bonds. The highest BCUT2D eigenvalue weighted by Gasteiger charge is 2.13. The highest BCUT2D eigenvalue weighted by Crippen LogP contribution is 2.32. The molecule has 2 aromatic heterocycles. The molecule has 2 heterocycles. The number of hydrogen-bond donors (Lipinski definition) is 3. The molecule has 1 aromatic carbocycles. The van der Waals surface area contributed by atoms with Crippen molar-refractivity contribution in [2.75, 3.05) is 5.32 Å². The highest BCUT2D eigenvalue weighted by atomic mass is 32.1. The third-order valence-corrected chi connectivity index (χ3v) is 3.59. The lowest BCUT2D eigenvalue weighted by Crippen LogP contribution is -2.19. The van der Waals surface area contributed by atoms with E-state index in [0.717, 1.165) is 34.9 Å². The number of aromatic amines is 1. The molecule has 6 heteroatoms. The van der Waals surface area contributed by atoms with Crippen LogP contribution in [0.25, 0.3) is 22.0 Å². The summed E-state index contributed by atoms with van der Waals surface area (Å²) in [6.07, 6.45) is 5.70. The summed E-state index contributed by atoms with van der Waals surface area (Å²) in [6.45, 7) is 2.16. The number of aryl methyl sites for hydroxylation is 1. The number of thiocarbonyl (C=S) groups is 1. The van der Waals surface area contributed by atoms with Crippen LogP contribution in [0.5, 0.6) is 0 Å². The first kappa shape index (κ1) is 14.5. The number of nitrogens with one attached hydrogen (secondary N) is 2. The van der Waals surface area contributed by atoms with E-state index in [9.17, 15) is 0 Å². The van der Waals surface area contributed by atoms with Gasteiger partial charge in [0, 0.05) is 28.9 Å². The lowest BCUT2D eigenvalue weighted by molar-refractivity contribution is 0.924. The summed E-state index contributed by atoms with van der Waals surface area (Å²) in [5.74, 6) is 0.658. The standard InChI is InChI=1S/C16H17N5S/c1-2-4-10-7-12(11-5-3-6-18-9-11)14-13(8-10)15(21-20-14)19-16(17)22/h3,5-9H,2,4H2,1H3,(H4,17,19,20,21,22). The molecule has 0 spiro atoms. The molecule has 0 aliphatic rings. The fourth-order valence-corrected chi connectivity index (χ4v) is 2.67. The average molecular weight is 311 g/mol. The zero-order valence-electron chi connectivity index (χ0n) is 12.3. The summed E-state index contributed by atoms with van der Waals surface area (Å²) >= 11 is 4.92. The second kappa shape index (κ2) is 6.11. The molecule has 0 saturated carbocycles. The van der Waals surface area contributed by atoms with Gasteiger partial charge in [-0.2, -0.15) is 5.10 Å². The van der Waals surface area contributed by atoms with E-state index in [4.69, 9.17) is 18.0 Å². The molecule has 0 atom stereocenters. The molecule has 0 aliphatic heterocycles. The van der Waals surface area contributed by atoms with E-state index in [0.29, 0.717) is 5.82 Å². The van der Waals surface area contributed by atoms with Gasteiger partial charge in [-0.15, -0.1) is 0 Å². The largest absolute Gasteiger partial charge is 0.376 e. The van der Waals surface area contributed by atoms with E-state index in [1.165, 1.54) is 5.56 Å². The number of nitrogens with zero attached hydrogens (tertiary/aromatic N) is 2. The number of fused-ring (bicyclic) bond motifs is 1.